The van der Waals surface area contributed by atoms with E-state index in [0.717, 1.165) is 48.8 Å². The van der Waals surface area contributed by atoms with E-state index < -0.39 is 28.5 Å². The Morgan fingerprint density at radius 3 is 1.88 bits per heavy atom. The lowest BCUT2D eigenvalue weighted by molar-refractivity contribution is -0.139. The number of fused-ring (bicyclic) bond motifs is 1. The summed E-state index contributed by atoms with van der Waals surface area (Å²) in [7, 11) is 0. The molecule has 4 N–H and O–H groups in total. The standard InChI is InChI=1S/C51H58N10O5/c1-37(11-8-9-29-56-34-39(20-30-62)54-55-56)51(66)44-32-43(59-36-61(41-15-6-3-7-16-41)50(47(59)64)23-27-53-28-24-50)18-19-45(44)57(48(51)65)33-38-12-10-17-42(31-38)58-35-60(40-13-4-2-5-14-40)49(46(58)63)21-25-52-26-22-49/h2-8,10-19,31-32,34,37,52-53,62,66H,9,20-30,33,35-36H2,1H3/b11-8+/t37-,51+/m1/s1. The maximum Gasteiger partial charge on any atom is 0.264 e. The minimum absolute atomic E-state index is 0.00565. The molecule has 0 saturated carbocycles. The van der Waals surface area contributed by atoms with Crippen LogP contribution in [0.5, 0.6) is 0 Å². The van der Waals surface area contributed by atoms with Gasteiger partial charge in [0, 0.05) is 60.0 Å². The number of aliphatic hydroxyl groups excluding tert-OH is 1. The van der Waals surface area contributed by atoms with E-state index in [9.17, 15) is 19.8 Å². The summed E-state index contributed by atoms with van der Waals surface area (Å²) in [4.78, 5) is 54.2. The van der Waals surface area contributed by atoms with Crippen molar-refractivity contribution >= 4 is 46.2 Å². The van der Waals surface area contributed by atoms with E-state index in [1.54, 1.807) is 14.5 Å². The van der Waals surface area contributed by atoms with Crippen molar-refractivity contribution in [3.05, 3.63) is 138 Å². The number of anilines is 5. The lowest BCUT2D eigenvalue weighted by Gasteiger charge is -2.39. The van der Waals surface area contributed by atoms with Crippen molar-refractivity contribution in [3.8, 4) is 0 Å². The molecule has 6 heterocycles. The minimum atomic E-state index is -1.96. The minimum Gasteiger partial charge on any atom is -0.396 e. The molecule has 2 spiro atoms. The molecule has 0 radical (unpaired) electrons. The number of piperidine rings is 2. The van der Waals surface area contributed by atoms with Crippen molar-refractivity contribution in [1.82, 2.24) is 25.6 Å². The highest BCUT2D eigenvalue weighted by Crippen LogP contribution is 2.49. The summed E-state index contributed by atoms with van der Waals surface area (Å²) in [6.45, 7) is 6.20. The van der Waals surface area contributed by atoms with Crippen molar-refractivity contribution in [2.45, 2.75) is 75.2 Å². The van der Waals surface area contributed by atoms with Crippen LogP contribution in [-0.2, 0) is 39.5 Å². The first-order chi connectivity index (χ1) is 32.2. The van der Waals surface area contributed by atoms with Crippen molar-refractivity contribution in [2.24, 2.45) is 5.92 Å². The number of para-hydroxylation sites is 2. The number of carbonyl (C=O) groups excluding carboxylic acids is 3. The van der Waals surface area contributed by atoms with Gasteiger partial charge in [0.2, 0.25) is 0 Å². The molecule has 2 atom stereocenters. The molecule has 4 fully saturated rings. The maximum atomic E-state index is 15.0. The SMILES string of the molecule is C[C@H](/C=C/CCn1cc(CCO)nn1)[C@@]1(O)C(=O)N(Cc2cccc(N3CN(c4ccccc4)C4(CCNCC4)C3=O)c2)c2ccc(N3CN(c4ccccc4)C4(CCNCC4)C3=O)cc21. The highest BCUT2D eigenvalue weighted by molar-refractivity contribution is 6.10. The Morgan fingerprint density at radius 1 is 0.712 bits per heavy atom. The second-order valence-electron chi connectivity index (χ2n) is 18.3. The molecule has 15 heteroatoms. The second kappa shape index (κ2) is 17.8. The van der Waals surface area contributed by atoms with Crippen LogP contribution in [0.4, 0.5) is 28.4 Å². The number of rotatable bonds is 13. The molecule has 4 aromatic carbocycles. The van der Waals surface area contributed by atoms with E-state index in [4.69, 9.17) is 0 Å². The lowest BCUT2D eigenvalue weighted by Crippen LogP contribution is -2.55. The van der Waals surface area contributed by atoms with Gasteiger partial charge in [0.15, 0.2) is 5.60 Å². The van der Waals surface area contributed by atoms with Crippen molar-refractivity contribution < 1.29 is 24.6 Å². The van der Waals surface area contributed by atoms with Crippen LogP contribution < -0.4 is 35.1 Å². The summed E-state index contributed by atoms with van der Waals surface area (Å²) < 4.78 is 1.72. The molecular formula is C51H58N10O5. The van der Waals surface area contributed by atoms with E-state index in [1.807, 2.05) is 121 Å². The predicted octanol–water partition coefficient (Wildman–Crippen LogP) is 4.70. The van der Waals surface area contributed by atoms with Gasteiger partial charge in [-0.2, -0.15) is 0 Å². The van der Waals surface area contributed by atoms with E-state index in [-0.39, 0.29) is 25.0 Å². The highest BCUT2D eigenvalue weighted by atomic mass is 16.3. The van der Waals surface area contributed by atoms with Gasteiger partial charge in [0.1, 0.15) is 11.1 Å². The summed E-state index contributed by atoms with van der Waals surface area (Å²) >= 11 is 0. The zero-order valence-electron chi connectivity index (χ0n) is 37.4. The Labute approximate surface area is 385 Å². The fourth-order valence-electron chi connectivity index (χ4n) is 10.9. The number of hydrogen-bond donors (Lipinski definition) is 4. The third-order valence-corrected chi connectivity index (χ3v) is 14.6. The fourth-order valence-corrected chi connectivity index (χ4v) is 10.9. The molecule has 0 unspecified atom stereocenters. The van der Waals surface area contributed by atoms with Crippen LogP contribution in [-0.4, -0.2) is 100 Å². The monoisotopic (exact) mass is 890 g/mol. The summed E-state index contributed by atoms with van der Waals surface area (Å²) in [6, 6.07) is 33.6. The Hall–Kier alpha value is -6.39. The van der Waals surface area contributed by atoms with Gasteiger partial charge in [-0.3, -0.25) is 28.9 Å². The number of benzene rings is 4. The number of nitrogens with zero attached hydrogens (tertiary/aromatic N) is 8. The Balaban J connectivity index is 0.971. The second-order valence-corrected chi connectivity index (χ2v) is 18.3. The fraction of sp³-hybridized carbons (Fsp3) is 0.392. The summed E-state index contributed by atoms with van der Waals surface area (Å²) in [5.41, 5.74) is 2.53. The van der Waals surface area contributed by atoms with Crippen LogP contribution in [0.1, 0.15) is 55.8 Å². The molecule has 3 amide bonds. The first-order valence-corrected chi connectivity index (χ1v) is 23.3. The number of carbonyl (C=O) groups is 3. The van der Waals surface area contributed by atoms with Gasteiger partial charge in [0.05, 0.1) is 31.3 Å². The van der Waals surface area contributed by atoms with Gasteiger partial charge >= 0.3 is 0 Å². The molecule has 4 saturated heterocycles. The Kier molecular flexibility index (Phi) is 11.7. The number of aliphatic hydroxyl groups is 2. The Morgan fingerprint density at radius 2 is 1.29 bits per heavy atom. The summed E-state index contributed by atoms with van der Waals surface area (Å²) in [5.74, 6) is -1.05. The zero-order chi connectivity index (χ0) is 45.5. The van der Waals surface area contributed by atoms with Crippen molar-refractivity contribution in [3.63, 3.8) is 0 Å². The van der Waals surface area contributed by atoms with Crippen molar-refractivity contribution in [2.75, 3.05) is 70.6 Å². The number of amides is 3. The first kappa shape index (κ1) is 43.5. The van der Waals surface area contributed by atoms with E-state index in [2.05, 4.69) is 42.9 Å². The van der Waals surface area contributed by atoms with Crippen LogP contribution in [0.25, 0.3) is 0 Å². The molecule has 0 aliphatic carbocycles. The van der Waals surface area contributed by atoms with Gasteiger partial charge in [-0.25, -0.2) is 0 Å². The molecule has 66 heavy (non-hydrogen) atoms. The summed E-state index contributed by atoms with van der Waals surface area (Å²) in [5, 5.41) is 37.4. The van der Waals surface area contributed by atoms with Gasteiger partial charge < -0.3 is 35.5 Å². The zero-order valence-corrected chi connectivity index (χ0v) is 37.4. The predicted molar refractivity (Wildman–Crippen MR) is 254 cm³/mol. The average Bonchev–Trinajstić information content (AvgIpc) is 4.06. The molecule has 1 aromatic heterocycles. The molecule has 342 valence electrons. The number of allylic oxidation sites excluding steroid dienone is 1. The number of hydrogen-bond acceptors (Lipinski definition) is 11. The normalized spacial score (nSPS) is 21.9. The molecule has 10 rings (SSSR count). The highest BCUT2D eigenvalue weighted by Gasteiger charge is 2.56. The number of nitrogens with one attached hydrogen (secondary N) is 2. The van der Waals surface area contributed by atoms with Crippen molar-refractivity contribution in [1.29, 1.82) is 0 Å². The molecule has 5 aromatic rings. The maximum absolute atomic E-state index is 15.0. The smallest absolute Gasteiger partial charge is 0.264 e. The van der Waals surface area contributed by atoms with E-state index in [0.29, 0.717) is 81.0 Å². The number of aryl methyl sites for hydroxylation is 1. The largest absolute Gasteiger partial charge is 0.396 e. The quantitative estimate of drug-likeness (QED) is 0.121. The third kappa shape index (κ3) is 7.43. The van der Waals surface area contributed by atoms with Crippen LogP contribution in [0.2, 0.25) is 0 Å². The molecule has 0 bridgehead atoms. The van der Waals surface area contributed by atoms with Gasteiger partial charge in [-0.15, -0.1) is 5.10 Å². The van der Waals surface area contributed by atoms with E-state index >= 15 is 4.79 Å². The van der Waals surface area contributed by atoms with E-state index in [1.165, 1.54) is 0 Å². The Bertz CT molecular complexity index is 2610. The molecular weight excluding hydrogens is 833 g/mol. The van der Waals surface area contributed by atoms with Crippen LogP contribution in [0, 0.1) is 5.92 Å². The topological polar surface area (TPSA) is 163 Å². The first-order valence-electron chi connectivity index (χ1n) is 23.3. The average molecular weight is 891 g/mol. The van der Waals surface area contributed by atoms with Crippen LogP contribution >= 0.6 is 0 Å². The van der Waals surface area contributed by atoms with Crippen LogP contribution in [0.15, 0.2) is 121 Å². The molecule has 5 aliphatic rings. The van der Waals surface area contributed by atoms with Gasteiger partial charge in [-0.1, -0.05) is 72.8 Å². The lowest BCUT2D eigenvalue weighted by atomic mass is 9.82. The van der Waals surface area contributed by atoms with Gasteiger partial charge in [-0.05, 0) is 118 Å². The van der Waals surface area contributed by atoms with Crippen LogP contribution in [0.3, 0.4) is 0 Å². The number of aromatic nitrogens is 3. The van der Waals surface area contributed by atoms with Gasteiger partial charge in [0.25, 0.3) is 17.7 Å². The molecule has 5 aliphatic heterocycles. The molecule has 15 nitrogen and oxygen atoms in total. The third-order valence-electron chi connectivity index (χ3n) is 14.6. The summed E-state index contributed by atoms with van der Waals surface area (Å²) in [6.07, 6.45) is 9.33.